The Balaban J connectivity index is 1.36. The molecule has 156 valence electrons. The van der Waals surface area contributed by atoms with E-state index >= 15 is 0 Å². The maximum absolute atomic E-state index is 5.40. The summed E-state index contributed by atoms with van der Waals surface area (Å²) >= 11 is 0. The van der Waals surface area contributed by atoms with E-state index in [4.69, 9.17) is 13.3 Å². The van der Waals surface area contributed by atoms with Crippen LogP contribution in [-0.4, -0.2) is 0 Å². The minimum atomic E-state index is 0.708. The van der Waals surface area contributed by atoms with Gasteiger partial charge >= 0.3 is 0 Å². The van der Waals surface area contributed by atoms with Crippen LogP contribution in [-0.2, 0) is 39.3 Å². The van der Waals surface area contributed by atoms with Crippen LogP contribution in [0.5, 0.6) is 0 Å². The number of nitrogens with one attached hydrogen (secondary N) is 3. The zero-order valence-corrected chi connectivity index (χ0v) is 16.9. The number of rotatable bonds is 12. The molecule has 0 aliphatic rings. The molecule has 4 rings (SSSR count). The lowest BCUT2D eigenvalue weighted by Gasteiger charge is -2.12. The van der Waals surface area contributed by atoms with E-state index in [9.17, 15) is 0 Å². The van der Waals surface area contributed by atoms with Gasteiger partial charge in [0.05, 0.1) is 38.4 Å². The Bertz CT molecular complexity index is 836. The molecule has 3 N–H and O–H groups in total. The summed E-state index contributed by atoms with van der Waals surface area (Å²) in [5, 5.41) is 10.4. The molecule has 6 heteroatoms. The first-order valence-corrected chi connectivity index (χ1v) is 10.2. The largest absolute Gasteiger partial charge is 0.468 e. The van der Waals surface area contributed by atoms with E-state index in [2.05, 4.69) is 34.1 Å². The van der Waals surface area contributed by atoms with Crippen molar-refractivity contribution >= 4 is 0 Å². The Morgan fingerprint density at radius 3 is 1.07 bits per heavy atom. The molecular formula is C24H27N3O3. The van der Waals surface area contributed by atoms with Crippen molar-refractivity contribution in [2.45, 2.75) is 39.3 Å². The maximum atomic E-state index is 5.40. The second-order valence-corrected chi connectivity index (χ2v) is 7.21. The third-order valence-electron chi connectivity index (χ3n) is 4.74. The fraction of sp³-hybridized carbons (Fsp3) is 0.250. The molecule has 30 heavy (non-hydrogen) atoms. The molecule has 0 unspecified atom stereocenters. The minimum absolute atomic E-state index is 0.708. The summed E-state index contributed by atoms with van der Waals surface area (Å²) in [5.41, 5.74) is 3.73. The molecule has 0 radical (unpaired) electrons. The number of benzene rings is 1. The maximum Gasteiger partial charge on any atom is 0.117 e. The Morgan fingerprint density at radius 2 is 0.800 bits per heavy atom. The highest BCUT2D eigenvalue weighted by molar-refractivity contribution is 5.30. The normalized spacial score (nSPS) is 11.2. The molecule has 1 aromatic carbocycles. The van der Waals surface area contributed by atoms with E-state index in [0.29, 0.717) is 19.6 Å². The highest BCUT2D eigenvalue weighted by Crippen LogP contribution is 2.13. The summed E-state index contributed by atoms with van der Waals surface area (Å²) < 4.78 is 16.2. The quantitative estimate of drug-likeness (QED) is 0.326. The fourth-order valence-corrected chi connectivity index (χ4v) is 3.38. The zero-order valence-electron chi connectivity index (χ0n) is 16.9. The van der Waals surface area contributed by atoms with Crippen molar-refractivity contribution < 1.29 is 13.3 Å². The van der Waals surface area contributed by atoms with Gasteiger partial charge in [-0.05, 0) is 53.1 Å². The second-order valence-electron chi connectivity index (χ2n) is 7.21. The van der Waals surface area contributed by atoms with Crippen molar-refractivity contribution in [3.63, 3.8) is 0 Å². The third-order valence-corrected chi connectivity index (χ3v) is 4.74. The molecule has 0 fully saturated rings. The summed E-state index contributed by atoms with van der Waals surface area (Å²) in [6, 6.07) is 18.4. The standard InChI is InChI=1S/C24H27N3O3/c1-4-22(28-7-1)16-25-13-19-10-20(14-26-17-23-5-2-8-29-23)12-21(11-19)15-27-18-24-6-3-9-30-24/h1-12,25-27H,13-18H2. The summed E-state index contributed by atoms with van der Waals surface area (Å²) in [4.78, 5) is 0. The lowest BCUT2D eigenvalue weighted by molar-refractivity contribution is 0.480. The predicted octanol–water partition coefficient (Wildman–Crippen LogP) is 4.34. The van der Waals surface area contributed by atoms with Crippen LogP contribution in [0.3, 0.4) is 0 Å². The molecular weight excluding hydrogens is 378 g/mol. The van der Waals surface area contributed by atoms with Gasteiger partial charge in [0.25, 0.3) is 0 Å². The first kappa shape index (κ1) is 20.2. The van der Waals surface area contributed by atoms with Gasteiger partial charge in [-0.15, -0.1) is 0 Å². The SMILES string of the molecule is c1coc(CNCc2cc(CNCc3ccco3)cc(CNCc3ccco3)c2)c1. The molecule has 0 aliphatic heterocycles. The van der Waals surface area contributed by atoms with Crippen molar-refractivity contribution in [3.05, 3.63) is 107 Å². The van der Waals surface area contributed by atoms with E-state index in [1.807, 2.05) is 36.4 Å². The van der Waals surface area contributed by atoms with Gasteiger partial charge in [-0.2, -0.15) is 0 Å². The molecule has 6 nitrogen and oxygen atoms in total. The predicted molar refractivity (Wildman–Crippen MR) is 114 cm³/mol. The Kier molecular flexibility index (Phi) is 7.17. The third kappa shape index (κ3) is 6.22. The summed E-state index contributed by atoms with van der Waals surface area (Å²) in [7, 11) is 0. The first-order valence-electron chi connectivity index (χ1n) is 10.2. The number of hydrogen-bond donors (Lipinski definition) is 3. The van der Waals surface area contributed by atoms with Crippen LogP contribution < -0.4 is 16.0 Å². The fourth-order valence-electron chi connectivity index (χ4n) is 3.38. The van der Waals surface area contributed by atoms with Crippen LogP contribution in [0.2, 0.25) is 0 Å². The molecule has 0 amide bonds. The monoisotopic (exact) mass is 405 g/mol. The van der Waals surface area contributed by atoms with Crippen molar-refractivity contribution in [2.24, 2.45) is 0 Å². The Hall–Kier alpha value is -3.06. The average Bonchev–Trinajstić information content (AvgIpc) is 3.52. The topological polar surface area (TPSA) is 75.5 Å². The molecule has 0 saturated heterocycles. The second kappa shape index (κ2) is 10.6. The molecule has 0 bridgehead atoms. The lowest BCUT2D eigenvalue weighted by Crippen LogP contribution is -2.17. The van der Waals surface area contributed by atoms with Crippen molar-refractivity contribution in [2.75, 3.05) is 0 Å². The van der Waals surface area contributed by atoms with Crippen LogP contribution in [0, 0.1) is 0 Å². The van der Waals surface area contributed by atoms with Crippen molar-refractivity contribution in [1.29, 1.82) is 0 Å². The molecule has 0 atom stereocenters. The van der Waals surface area contributed by atoms with Crippen molar-refractivity contribution in [3.8, 4) is 0 Å². The van der Waals surface area contributed by atoms with E-state index in [0.717, 1.165) is 36.9 Å². The van der Waals surface area contributed by atoms with Gasteiger partial charge in [0.1, 0.15) is 17.3 Å². The highest BCUT2D eigenvalue weighted by Gasteiger charge is 2.04. The van der Waals surface area contributed by atoms with Crippen LogP contribution in [0.1, 0.15) is 34.0 Å². The van der Waals surface area contributed by atoms with E-state index in [-0.39, 0.29) is 0 Å². The van der Waals surface area contributed by atoms with Gasteiger partial charge in [0.15, 0.2) is 0 Å². The number of furan rings is 3. The molecule has 4 aromatic rings. The molecule has 0 aliphatic carbocycles. The molecule has 3 heterocycles. The van der Waals surface area contributed by atoms with Gasteiger partial charge < -0.3 is 29.2 Å². The van der Waals surface area contributed by atoms with Gasteiger partial charge in [-0.25, -0.2) is 0 Å². The molecule has 0 saturated carbocycles. The van der Waals surface area contributed by atoms with Crippen LogP contribution in [0.4, 0.5) is 0 Å². The van der Waals surface area contributed by atoms with Gasteiger partial charge in [-0.1, -0.05) is 18.2 Å². The van der Waals surface area contributed by atoms with E-state index in [1.54, 1.807) is 18.8 Å². The van der Waals surface area contributed by atoms with Crippen LogP contribution in [0.15, 0.2) is 86.6 Å². The summed E-state index contributed by atoms with van der Waals surface area (Å²) in [5.74, 6) is 2.81. The van der Waals surface area contributed by atoms with Gasteiger partial charge in [0.2, 0.25) is 0 Å². The molecule has 3 aromatic heterocycles. The summed E-state index contributed by atoms with van der Waals surface area (Å²) in [6.45, 7) is 4.45. The highest BCUT2D eigenvalue weighted by atomic mass is 16.3. The minimum Gasteiger partial charge on any atom is -0.468 e. The first-order chi connectivity index (χ1) is 14.8. The van der Waals surface area contributed by atoms with Gasteiger partial charge in [0, 0.05) is 19.6 Å². The van der Waals surface area contributed by atoms with Crippen LogP contribution in [0.25, 0.3) is 0 Å². The number of hydrogen-bond acceptors (Lipinski definition) is 6. The summed E-state index contributed by atoms with van der Waals surface area (Å²) in [6.07, 6.45) is 5.10. The Labute approximate surface area is 176 Å². The van der Waals surface area contributed by atoms with Crippen molar-refractivity contribution in [1.82, 2.24) is 16.0 Å². The smallest absolute Gasteiger partial charge is 0.117 e. The van der Waals surface area contributed by atoms with Crippen LogP contribution >= 0.6 is 0 Å². The average molecular weight is 405 g/mol. The zero-order chi connectivity index (χ0) is 20.4. The van der Waals surface area contributed by atoms with Gasteiger partial charge in [-0.3, -0.25) is 0 Å². The lowest BCUT2D eigenvalue weighted by atomic mass is 10.0. The Morgan fingerprint density at radius 1 is 0.467 bits per heavy atom. The van der Waals surface area contributed by atoms with E-state index in [1.165, 1.54) is 16.7 Å². The molecule has 0 spiro atoms. The van der Waals surface area contributed by atoms with E-state index < -0.39 is 0 Å².